The van der Waals surface area contributed by atoms with Crippen LogP contribution in [0.5, 0.6) is 0 Å². The van der Waals surface area contributed by atoms with Gasteiger partial charge in [0.05, 0.1) is 0 Å². The SMILES string of the molecule is C[C@H](CCc1ccccc1)N1C(=O)c2ccccc2C[C@]1(C)C(=O)NC1CCCCCC1. The monoisotopic (exact) mass is 432 g/mol. The summed E-state index contributed by atoms with van der Waals surface area (Å²) >= 11 is 0. The summed E-state index contributed by atoms with van der Waals surface area (Å²) in [5, 5.41) is 3.35. The van der Waals surface area contributed by atoms with Gasteiger partial charge in [-0.15, -0.1) is 0 Å². The number of carbonyl (C=O) groups is 2. The van der Waals surface area contributed by atoms with E-state index in [1.165, 1.54) is 31.2 Å². The smallest absolute Gasteiger partial charge is 0.255 e. The zero-order valence-corrected chi connectivity index (χ0v) is 19.5. The van der Waals surface area contributed by atoms with Crippen LogP contribution in [0, 0.1) is 0 Å². The van der Waals surface area contributed by atoms with Crippen molar-refractivity contribution in [1.29, 1.82) is 0 Å². The van der Waals surface area contributed by atoms with Gasteiger partial charge in [-0.1, -0.05) is 74.2 Å². The molecule has 2 aromatic carbocycles. The average Bonchev–Trinajstić information content (AvgIpc) is 3.07. The van der Waals surface area contributed by atoms with Crippen molar-refractivity contribution in [2.24, 2.45) is 0 Å². The third-order valence-corrected chi connectivity index (χ3v) is 7.35. The molecule has 1 saturated carbocycles. The van der Waals surface area contributed by atoms with E-state index in [4.69, 9.17) is 0 Å². The summed E-state index contributed by atoms with van der Waals surface area (Å²) in [4.78, 5) is 29.3. The molecule has 4 rings (SSSR count). The van der Waals surface area contributed by atoms with Crippen LogP contribution in [-0.2, 0) is 17.6 Å². The summed E-state index contributed by atoms with van der Waals surface area (Å²) in [7, 11) is 0. The van der Waals surface area contributed by atoms with Crippen LogP contribution in [-0.4, -0.2) is 34.3 Å². The summed E-state index contributed by atoms with van der Waals surface area (Å²) in [6.45, 7) is 4.05. The van der Waals surface area contributed by atoms with Gasteiger partial charge in [-0.2, -0.15) is 0 Å². The second-order valence-electron chi connectivity index (χ2n) is 9.82. The van der Waals surface area contributed by atoms with E-state index in [9.17, 15) is 9.59 Å². The van der Waals surface area contributed by atoms with Crippen LogP contribution >= 0.6 is 0 Å². The fourth-order valence-electron chi connectivity index (χ4n) is 5.48. The van der Waals surface area contributed by atoms with E-state index in [-0.39, 0.29) is 23.9 Å². The van der Waals surface area contributed by atoms with E-state index in [0.717, 1.165) is 36.8 Å². The molecule has 2 aromatic rings. The Morgan fingerprint density at radius 1 is 1.03 bits per heavy atom. The predicted octanol–water partition coefficient (Wildman–Crippen LogP) is 5.30. The van der Waals surface area contributed by atoms with Crippen molar-refractivity contribution in [2.75, 3.05) is 0 Å². The Kier molecular flexibility index (Phi) is 6.98. The van der Waals surface area contributed by atoms with Crippen molar-refractivity contribution in [2.45, 2.75) is 89.3 Å². The first-order valence-electron chi connectivity index (χ1n) is 12.3. The summed E-state index contributed by atoms with van der Waals surface area (Å²) in [6, 6.07) is 18.3. The largest absolute Gasteiger partial charge is 0.351 e. The number of amides is 2. The van der Waals surface area contributed by atoms with Crippen molar-refractivity contribution in [1.82, 2.24) is 10.2 Å². The van der Waals surface area contributed by atoms with E-state index >= 15 is 0 Å². The number of benzene rings is 2. The van der Waals surface area contributed by atoms with Gasteiger partial charge in [0, 0.05) is 24.1 Å². The molecule has 170 valence electrons. The minimum Gasteiger partial charge on any atom is -0.351 e. The van der Waals surface area contributed by atoms with Crippen molar-refractivity contribution in [3.05, 3.63) is 71.3 Å². The molecule has 0 bridgehead atoms. The Labute approximate surface area is 192 Å². The zero-order chi connectivity index (χ0) is 22.6. The topological polar surface area (TPSA) is 49.4 Å². The molecule has 0 radical (unpaired) electrons. The maximum atomic E-state index is 13.7. The van der Waals surface area contributed by atoms with Crippen molar-refractivity contribution < 1.29 is 9.59 Å². The first-order valence-corrected chi connectivity index (χ1v) is 12.3. The van der Waals surface area contributed by atoms with Crippen LogP contribution in [0.1, 0.15) is 80.3 Å². The van der Waals surface area contributed by atoms with Crippen molar-refractivity contribution in [3.63, 3.8) is 0 Å². The van der Waals surface area contributed by atoms with Gasteiger partial charge in [-0.05, 0) is 56.7 Å². The highest BCUT2D eigenvalue weighted by atomic mass is 16.2. The summed E-state index contributed by atoms with van der Waals surface area (Å²) in [5.41, 5.74) is 2.09. The lowest BCUT2D eigenvalue weighted by Gasteiger charge is -2.47. The van der Waals surface area contributed by atoms with Gasteiger partial charge in [0.25, 0.3) is 5.91 Å². The number of hydrogen-bond donors (Lipinski definition) is 1. The van der Waals surface area contributed by atoms with Gasteiger partial charge in [0.2, 0.25) is 5.91 Å². The third-order valence-electron chi connectivity index (χ3n) is 7.35. The Morgan fingerprint density at radius 2 is 1.69 bits per heavy atom. The molecule has 1 aliphatic carbocycles. The maximum Gasteiger partial charge on any atom is 0.255 e. The van der Waals surface area contributed by atoms with E-state index in [1.54, 1.807) is 0 Å². The number of carbonyl (C=O) groups excluding carboxylic acids is 2. The van der Waals surface area contributed by atoms with E-state index < -0.39 is 5.54 Å². The summed E-state index contributed by atoms with van der Waals surface area (Å²) in [6.07, 6.45) is 9.17. The average molecular weight is 433 g/mol. The Bertz CT molecular complexity index is 933. The first kappa shape index (κ1) is 22.6. The van der Waals surface area contributed by atoms with Crippen LogP contribution in [0.2, 0.25) is 0 Å². The number of nitrogens with zero attached hydrogens (tertiary/aromatic N) is 1. The second kappa shape index (κ2) is 9.89. The normalized spacial score (nSPS) is 22.7. The minimum absolute atomic E-state index is 0.00110. The van der Waals surface area contributed by atoms with Crippen LogP contribution in [0.3, 0.4) is 0 Å². The quantitative estimate of drug-likeness (QED) is 0.630. The van der Waals surface area contributed by atoms with Crippen LogP contribution < -0.4 is 5.32 Å². The van der Waals surface area contributed by atoms with Gasteiger partial charge < -0.3 is 10.2 Å². The van der Waals surface area contributed by atoms with Gasteiger partial charge in [-0.3, -0.25) is 9.59 Å². The molecule has 0 aromatic heterocycles. The third kappa shape index (κ3) is 4.74. The standard InChI is InChI=1S/C28H36N2O2/c1-21(18-19-22-12-6-5-7-13-22)30-26(31)25-17-11-10-14-23(25)20-28(30,2)27(32)29-24-15-8-3-4-9-16-24/h5-7,10-14,17,21,24H,3-4,8-9,15-16,18-20H2,1-2H3,(H,29,32)/t21-,28-/m1/s1. The molecule has 32 heavy (non-hydrogen) atoms. The van der Waals surface area contributed by atoms with Gasteiger partial charge in [-0.25, -0.2) is 0 Å². The highest BCUT2D eigenvalue weighted by Crippen LogP contribution is 2.34. The van der Waals surface area contributed by atoms with Gasteiger partial charge >= 0.3 is 0 Å². The summed E-state index contributed by atoms with van der Waals surface area (Å²) in [5.74, 6) is -0.0234. The lowest BCUT2D eigenvalue weighted by atomic mass is 9.81. The fraction of sp³-hybridized carbons (Fsp3) is 0.500. The Morgan fingerprint density at radius 3 is 2.41 bits per heavy atom. The minimum atomic E-state index is -0.881. The van der Waals surface area contributed by atoms with Crippen molar-refractivity contribution in [3.8, 4) is 0 Å². The highest BCUT2D eigenvalue weighted by molar-refractivity contribution is 6.02. The molecule has 1 aliphatic heterocycles. The highest BCUT2D eigenvalue weighted by Gasteiger charge is 2.48. The number of nitrogens with one attached hydrogen (secondary N) is 1. The molecular formula is C28H36N2O2. The van der Waals surface area contributed by atoms with Gasteiger partial charge in [0.1, 0.15) is 5.54 Å². The molecule has 2 amide bonds. The molecule has 2 aliphatic rings. The van der Waals surface area contributed by atoms with Crippen molar-refractivity contribution >= 4 is 11.8 Å². The fourth-order valence-corrected chi connectivity index (χ4v) is 5.48. The molecule has 2 atom stereocenters. The van der Waals surface area contributed by atoms with E-state index in [0.29, 0.717) is 6.42 Å². The molecule has 0 unspecified atom stereocenters. The predicted molar refractivity (Wildman–Crippen MR) is 129 cm³/mol. The molecule has 4 nitrogen and oxygen atoms in total. The maximum absolute atomic E-state index is 13.7. The van der Waals surface area contributed by atoms with Gasteiger partial charge in [0.15, 0.2) is 0 Å². The number of rotatable bonds is 6. The molecule has 1 fully saturated rings. The Hall–Kier alpha value is -2.62. The first-order chi connectivity index (χ1) is 15.5. The molecule has 0 saturated heterocycles. The molecule has 0 spiro atoms. The zero-order valence-electron chi connectivity index (χ0n) is 19.5. The second-order valence-corrected chi connectivity index (χ2v) is 9.82. The van der Waals surface area contributed by atoms with Crippen LogP contribution in [0.4, 0.5) is 0 Å². The molecule has 1 N–H and O–H groups in total. The molecule has 4 heteroatoms. The van der Waals surface area contributed by atoms with Crippen LogP contribution in [0.25, 0.3) is 0 Å². The van der Waals surface area contributed by atoms with Crippen LogP contribution in [0.15, 0.2) is 54.6 Å². The lowest BCUT2D eigenvalue weighted by molar-refractivity contribution is -0.133. The number of hydrogen-bond acceptors (Lipinski definition) is 2. The van der Waals surface area contributed by atoms with E-state index in [2.05, 4.69) is 24.4 Å². The molecule has 1 heterocycles. The number of fused-ring (bicyclic) bond motifs is 1. The Balaban J connectivity index is 1.59. The molecular weight excluding hydrogens is 396 g/mol. The summed E-state index contributed by atoms with van der Waals surface area (Å²) < 4.78 is 0. The number of aryl methyl sites for hydroxylation is 1. The van der Waals surface area contributed by atoms with E-state index in [1.807, 2.05) is 54.3 Å². The lowest BCUT2D eigenvalue weighted by Crippen LogP contribution is -2.65.